The van der Waals surface area contributed by atoms with Gasteiger partial charge in [0.05, 0.1) is 22.5 Å². The van der Waals surface area contributed by atoms with Crippen LogP contribution in [0.1, 0.15) is 28.4 Å². The number of carboxylic acid groups (broad SMARTS) is 1. The summed E-state index contributed by atoms with van der Waals surface area (Å²) in [5.74, 6) is -1.25. The zero-order chi connectivity index (χ0) is 24.9. The van der Waals surface area contributed by atoms with Crippen molar-refractivity contribution in [3.63, 3.8) is 0 Å². The second-order valence-electron chi connectivity index (χ2n) is 7.96. The van der Waals surface area contributed by atoms with E-state index in [1.807, 2.05) is 25.1 Å². The molecule has 0 saturated heterocycles. The molecule has 8 nitrogen and oxygen atoms in total. The van der Waals surface area contributed by atoms with Gasteiger partial charge in [-0.15, -0.1) is 0 Å². The average Bonchev–Trinajstić information content (AvgIpc) is 3.12. The number of anilines is 2. The van der Waals surface area contributed by atoms with Crippen molar-refractivity contribution in [2.45, 2.75) is 13.8 Å². The second-order valence-corrected chi connectivity index (χ2v) is 7.96. The summed E-state index contributed by atoms with van der Waals surface area (Å²) < 4.78 is 5.75. The first-order chi connectivity index (χ1) is 16.8. The van der Waals surface area contributed by atoms with Crippen molar-refractivity contribution in [3.8, 4) is 5.75 Å². The molecule has 4 rings (SSSR count). The Kier molecular flexibility index (Phi) is 6.73. The number of nitrogens with one attached hydrogen (secondary N) is 1. The molecule has 0 saturated carbocycles. The number of carbonyl (C=O) groups excluding carboxylic acids is 2. The van der Waals surface area contributed by atoms with Crippen molar-refractivity contribution in [3.05, 3.63) is 95.1 Å². The maximum absolute atomic E-state index is 13.1. The van der Waals surface area contributed by atoms with E-state index in [1.54, 1.807) is 43.3 Å². The van der Waals surface area contributed by atoms with Gasteiger partial charge in [-0.25, -0.2) is 4.79 Å². The number of ether oxygens (including phenoxy) is 1. The number of para-hydroxylation sites is 1. The number of hydrogen-bond acceptors (Lipinski definition) is 5. The fourth-order valence-electron chi connectivity index (χ4n) is 3.55. The van der Waals surface area contributed by atoms with Gasteiger partial charge in [0, 0.05) is 11.3 Å². The summed E-state index contributed by atoms with van der Waals surface area (Å²) in [7, 11) is 0. The fraction of sp³-hybridized carbons (Fsp3) is 0.111. The summed E-state index contributed by atoms with van der Waals surface area (Å²) in [6.45, 7) is 3.46. The van der Waals surface area contributed by atoms with E-state index in [0.717, 1.165) is 5.56 Å². The molecule has 0 bridgehead atoms. The topological polar surface area (TPSA) is 108 Å². The van der Waals surface area contributed by atoms with Crippen molar-refractivity contribution < 1.29 is 24.2 Å². The number of hydrogen-bond donors (Lipinski definition) is 2. The van der Waals surface area contributed by atoms with E-state index in [0.29, 0.717) is 34.0 Å². The highest BCUT2D eigenvalue weighted by Gasteiger charge is 2.29. The van der Waals surface area contributed by atoms with Crippen molar-refractivity contribution >= 4 is 40.9 Å². The molecule has 0 atom stereocenters. The molecule has 2 amide bonds. The van der Waals surface area contributed by atoms with Crippen LogP contribution >= 0.6 is 0 Å². The minimum atomic E-state index is -1.05. The standard InChI is InChI=1S/C27H23N3O5/c1-17-6-5-8-21(14-17)28-25(31)16-35-24-9-4-3-7-20(24)15-23-18(2)29-30(26(23)32)22-12-10-19(11-13-22)27(33)34/h3-15H,16H2,1-2H3,(H,28,31)(H,33,34). The number of rotatable bonds is 7. The van der Waals surface area contributed by atoms with E-state index < -0.39 is 5.97 Å². The summed E-state index contributed by atoms with van der Waals surface area (Å²) in [5.41, 5.74) is 3.79. The van der Waals surface area contributed by atoms with E-state index in [-0.39, 0.29) is 24.0 Å². The molecule has 0 aliphatic carbocycles. The van der Waals surface area contributed by atoms with Gasteiger partial charge < -0.3 is 15.2 Å². The van der Waals surface area contributed by atoms with Crippen molar-refractivity contribution in [1.29, 1.82) is 0 Å². The van der Waals surface area contributed by atoms with Gasteiger partial charge in [0.2, 0.25) is 0 Å². The number of nitrogens with zero attached hydrogens (tertiary/aromatic N) is 2. The highest BCUT2D eigenvalue weighted by Crippen LogP contribution is 2.28. The van der Waals surface area contributed by atoms with Crippen LogP contribution in [0.5, 0.6) is 5.75 Å². The lowest BCUT2D eigenvalue weighted by molar-refractivity contribution is -0.118. The van der Waals surface area contributed by atoms with Crippen LogP contribution in [-0.2, 0) is 9.59 Å². The summed E-state index contributed by atoms with van der Waals surface area (Å²) in [4.78, 5) is 36.5. The third kappa shape index (κ3) is 5.44. The van der Waals surface area contributed by atoms with E-state index in [1.165, 1.54) is 29.3 Å². The Hall–Kier alpha value is -4.72. The molecule has 2 N–H and O–H groups in total. The smallest absolute Gasteiger partial charge is 0.335 e. The molecular formula is C27H23N3O5. The summed E-state index contributed by atoms with van der Waals surface area (Å²) >= 11 is 0. The molecule has 0 radical (unpaired) electrons. The lowest BCUT2D eigenvalue weighted by Gasteiger charge is -2.12. The van der Waals surface area contributed by atoms with Crippen LogP contribution in [0.25, 0.3) is 6.08 Å². The van der Waals surface area contributed by atoms with E-state index >= 15 is 0 Å². The normalized spacial score (nSPS) is 14.1. The fourth-order valence-corrected chi connectivity index (χ4v) is 3.55. The number of carboxylic acids is 1. The molecule has 8 heteroatoms. The Balaban J connectivity index is 1.49. The first kappa shape index (κ1) is 23.4. The molecular weight excluding hydrogens is 446 g/mol. The van der Waals surface area contributed by atoms with Gasteiger partial charge in [-0.05, 0) is 68.0 Å². The molecule has 0 aromatic heterocycles. The summed E-state index contributed by atoms with van der Waals surface area (Å²) in [6, 6.07) is 20.5. The van der Waals surface area contributed by atoms with E-state index in [4.69, 9.17) is 9.84 Å². The highest BCUT2D eigenvalue weighted by atomic mass is 16.5. The van der Waals surface area contributed by atoms with Gasteiger partial charge in [0.25, 0.3) is 11.8 Å². The van der Waals surface area contributed by atoms with Gasteiger partial charge in [0.1, 0.15) is 5.75 Å². The number of carbonyl (C=O) groups is 3. The molecule has 1 heterocycles. The van der Waals surface area contributed by atoms with Crippen molar-refractivity contribution in [2.24, 2.45) is 5.10 Å². The predicted octanol–water partition coefficient (Wildman–Crippen LogP) is 4.52. The molecule has 0 spiro atoms. The van der Waals surface area contributed by atoms with Crippen LogP contribution in [0, 0.1) is 6.92 Å². The largest absolute Gasteiger partial charge is 0.483 e. The quantitative estimate of drug-likeness (QED) is 0.495. The number of aryl methyl sites for hydroxylation is 1. The first-order valence-corrected chi connectivity index (χ1v) is 10.9. The van der Waals surface area contributed by atoms with Crippen molar-refractivity contribution in [1.82, 2.24) is 0 Å². The zero-order valence-corrected chi connectivity index (χ0v) is 19.2. The van der Waals surface area contributed by atoms with Gasteiger partial charge in [0.15, 0.2) is 6.61 Å². The second kappa shape index (κ2) is 10.0. The Morgan fingerprint density at radius 3 is 2.49 bits per heavy atom. The van der Waals surface area contributed by atoms with Crippen LogP contribution in [-0.4, -0.2) is 35.2 Å². The Morgan fingerprint density at radius 2 is 1.77 bits per heavy atom. The number of amides is 2. The molecule has 3 aromatic rings. The average molecular weight is 469 g/mol. The maximum atomic E-state index is 13.1. The van der Waals surface area contributed by atoms with Crippen LogP contribution < -0.4 is 15.1 Å². The zero-order valence-electron chi connectivity index (χ0n) is 19.2. The minimum absolute atomic E-state index is 0.120. The third-order valence-electron chi connectivity index (χ3n) is 5.30. The lowest BCUT2D eigenvalue weighted by atomic mass is 10.1. The molecule has 176 valence electrons. The van der Waals surface area contributed by atoms with Crippen LogP contribution in [0.4, 0.5) is 11.4 Å². The van der Waals surface area contributed by atoms with Gasteiger partial charge in [-0.2, -0.15) is 10.1 Å². The molecule has 3 aromatic carbocycles. The molecule has 1 aliphatic rings. The van der Waals surface area contributed by atoms with E-state index in [9.17, 15) is 14.4 Å². The summed E-state index contributed by atoms with van der Waals surface area (Å²) in [6.07, 6.45) is 1.67. The third-order valence-corrected chi connectivity index (χ3v) is 5.30. The lowest BCUT2D eigenvalue weighted by Crippen LogP contribution is -2.21. The Labute approximate surface area is 202 Å². The number of hydrazone groups is 1. The van der Waals surface area contributed by atoms with Gasteiger partial charge in [-0.1, -0.05) is 30.3 Å². The van der Waals surface area contributed by atoms with Crippen LogP contribution in [0.15, 0.2) is 83.5 Å². The maximum Gasteiger partial charge on any atom is 0.335 e. The summed E-state index contributed by atoms with van der Waals surface area (Å²) in [5, 5.41) is 17.4. The van der Waals surface area contributed by atoms with Gasteiger partial charge in [-0.3, -0.25) is 9.59 Å². The van der Waals surface area contributed by atoms with Crippen LogP contribution in [0.3, 0.4) is 0 Å². The van der Waals surface area contributed by atoms with Crippen LogP contribution in [0.2, 0.25) is 0 Å². The monoisotopic (exact) mass is 469 g/mol. The van der Waals surface area contributed by atoms with Gasteiger partial charge >= 0.3 is 5.97 Å². The van der Waals surface area contributed by atoms with Crippen molar-refractivity contribution in [2.75, 3.05) is 16.9 Å². The predicted molar refractivity (Wildman–Crippen MR) is 134 cm³/mol. The first-order valence-electron chi connectivity index (χ1n) is 10.9. The molecule has 35 heavy (non-hydrogen) atoms. The van der Waals surface area contributed by atoms with E-state index in [2.05, 4.69) is 10.4 Å². The molecule has 0 fully saturated rings. The molecule has 1 aliphatic heterocycles. The number of benzene rings is 3. The minimum Gasteiger partial charge on any atom is -0.483 e. The number of aromatic carboxylic acids is 1. The molecule has 0 unspecified atom stereocenters. The highest BCUT2D eigenvalue weighted by molar-refractivity contribution is 6.32. The Bertz CT molecular complexity index is 1360. The Morgan fingerprint density at radius 1 is 1.03 bits per heavy atom. The SMILES string of the molecule is CC1=NN(c2ccc(C(=O)O)cc2)C(=O)C1=Cc1ccccc1OCC(=O)Nc1cccc(C)c1.